The van der Waals surface area contributed by atoms with E-state index >= 15 is 0 Å². The Labute approximate surface area is 109 Å². The Hall–Kier alpha value is -2.08. The Morgan fingerprint density at radius 3 is 3.00 bits per heavy atom. The van der Waals surface area contributed by atoms with E-state index in [1.807, 2.05) is 0 Å². The fourth-order valence-corrected chi connectivity index (χ4v) is 2.29. The lowest BCUT2D eigenvalue weighted by atomic mass is 10.2. The molecule has 0 saturated carbocycles. The number of aromatic amines is 2. The van der Waals surface area contributed by atoms with Gasteiger partial charge in [0.2, 0.25) is 0 Å². The summed E-state index contributed by atoms with van der Waals surface area (Å²) < 4.78 is 5.45. The molecule has 1 aliphatic rings. The number of rotatable bonds is 3. The van der Waals surface area contributed by atoms with Gasteiger partial charge in [-0.25, -0.2) is 4.79 Å². The van der Waals surface area contributed by atoms with E-state index in [9.17, 15) is 9.59 Å². The number of ether oxygens (including phenoxy) is 1. The molecule has 0 spiro atoms. The minimum atomic E-state index is -0.271. The molecule has 1 fully saturated rings. The summed E-state index contributed by atoms with van der Waals surface area (Å²) in [6.45, 7) is 1.30. The maximum atomic E-state index is 12.0. The number of hydrogen-bond acceptors (Lipinski definition) is 3. The topological polar surface area (TPSA) is 87.0 Å². The van der Waals surface area contributed by atoms with Crippen LogP contribution in [0, 0.1) is 0 Å². The minimum absolute atomic E-state index is 0.125. The Balaban J connectivity index is 1.71. The summed E-state index contributed by atoms with van der Waals surface area (Å²) in [5, 5.41) is 2.85. The standard InChI is InChI=1S/C13H15N3O3/c17-12(14-7-9-2-1-5-19-9)8-3-4-10-11(6-8)16-13(18)15-10/h3-4,6,9H,1-2,5,7H2,(H,14,17)(H2,15,16,18). The minimum Gasteiger partial charge on any atom is -0.376 e. The molecule has 100 valence electrons. The van der Waals surface area contributed by atoms with Crippen molar-refractivity contribution in [3.05, 3.63) is 34.2 Å². The van der Waals surface area contributed by atoms with Crippen molar-refractivity contribution in [2.45, 2.75) is 18.9 Å². The van der Waals surface area contributed by atoms with Crippen LogP contribution in [0.5, 0.6) is 0 Å². The summed E-state index contributed by atoms with van der Waals surface area (Å²) in [4.78, 5) is 28.4. The molecule has 6 heteroatoms. The third-order valence-electron chi connectivity index (χ3n) is 3.29. The number of carbonyl (C=O) groups is 1. The summed E-state index contributed by atoms with van der Waals surface area (Å²) in [5.74, 6) is -0.153. The highest BCUT2D eigenvalue weighted by Crippen LogP contribution is 2.12. The van der Waals surface area contributed by atoms with E-state index in [1.54, 1.807) is 18.2 Å². The van der Waals surface area contributed by atoms with E-state index in [4.69, 9.17) is 4.74 Å². The molecule has 0 aliphatic carbocycles. The van der Waals surface area contributed by atoms with Gasteiger partial charge in [0.15, 0.2) is 0 Å². The molecule has 0 bridgehead atoms. The van der Waals surface area contributed by atoms with Gasteiger partial charge in [-0.05, 0) is 31.0 Å². The molecule has 0 radical (unpaired) electrons. The third kappa shape index (κ3) is 2.53. The molecule has 2 heterocycles. The molecular formula is C13H15N3O3. The largest absolute Gasteiger partial charge is 0.376 e. The number of H-pyrrole nitrogens is 2. The second kappa shape index (κ2) is 4.89. The Morgan fingerprint density at radius 2 is 2.21 bits per heavy atom. The Morgan fingerprint density at radius 1 is 1.37 bits per heavy atom. The summed E-state index contributed by atoms with van der Waals surface area (Å²) in [6.07, 6.45) is 2.17. The van der Waals surface area contributed by atoms with Crippen molar-refractivity contribution in [2.24, 2.45) is 0 Å². The number of fused-ring (bicyclic) bond motifs is 1. The molecule has 3 N–H and O–H groups in total. The van der Waals surface area contributed by atoms with Crippen molar-refractivity contribution in [3.63, 3.8) is 0 Å². The van der Waals surface area contributed by atoms with Gasteiger partial charge in [-0.3, -0.25) is 4.79 Å². The fraction of sp³-hybridized carbons (Fsp3) is 0.385. The Kier molecular flexibility index (Phi) is 3.08. The first kappa shape index (κ1) is 12.0. The molecule has 1 unspecified atom stereocenters. The van der Waals surface area contributed by atoms with Crippen LogP contribution in [-0.4, -0.2) is 35.1 Å². The number of imidazole rings is 1. The predicted molar refractivity (Wildman–Crippen MR) is 70.2 cm³/mol. The van der Waals surface area contributed by atoms with Gasteiger partial charge < -0.3 is 20.0 Å². The molecule has 19 heavy (non-hydrogen) atoms. The summed E-state index contributed by atoms with van der Waals surface area (Å²) in [5.41, 5.74) is 1.59. The molecular weight excluding hydrogens is 246 g/mol. The van der Waals surface area contributed by atoms with Crippen molar-refractivity contribution in [3.8, 4) is 0 Å². The quantitative estimate of drug-likeness (QED) is 0.762. The molecule has 1 aromatic carbocycles. The highest BCUT2D eigenvalue weighted by atomic mass is 16.5. The van der Waals surface area contributed by atoms with Crippen LogP contribution in [0.3, 0.4) is 0 Å². The van der Waals surface area contributed by atoms with Crippen LogP contribution in [0.4, 0.5) is 0 Å². The average Bonchev–Trinajstić information content (AvgIpc) is 3.02. The molecule has 1 aliphatic heterocycles. The summed E-state index contributed by atoms with van der Waals surface area (Å²) >= 11 is 0. The van der Waals surface area contributed by atoms with Crippen LogP contribution in [0.25, 0.3) is 11.0 Å². The zero-order valence-electron chi connectivity index (χ0n) is 10.4. The lowest BCUT2D eigenvalue weighted by Crippen LogP contribution is -2.31. The number of benzene rings is 1. The molecule has 1 aromatic heterocycles. The lowest BCUT2D eigenvalue weighted by Gasteiger charge is -2.10. The zero-order valence-corrected chi connectivity index (χ0v) is 10.4. The lowest BCUT2D eigenvalue weighted by molar-refractivity contribution is 0.0858. The van der Waals surface area contributed by atoms with E-state index < -0.39 is 0 Å². The third-order valence-corrected chi connectivity index (χ3v) is 3.29. The van der Waals surface area contributed by atoms with Crippen LogP contribution in [0.15, 0.2) is 23.0 Å². The van der Waals surface area contributed by atoms with Gasteiger partial charge in [-0.2, -0.15) is 0 Å². The smallest absolute Gasteiger partial charge is 0.323 e. The van der Waals surface area contributed by atoms with Gasteiger partial charge in [-0.15, -0.1) is 0 Å². The first-order chi connectivity index (χ1) is 9.22. The van der Waals surface area contributed by atoms with E-state index in [0.717, 1.165) is 19.4 Å². The molecule has 2 aromatic rings. The van der Waals surface area contributed by atoms with Gasteiger partial charge in [0.1, 0.15) is 0 Å². The van der Waals surface area contributed by atoms with Gasteiger partial charge in [0.05, 0.1) is 17.1 Å². The molecule has 1 saturated heterocycles. The van der Waals surface area contributed by atoms with E-state index in [-0.39, 0.29) is 17.7 Å². The van der Waals surface area contributed by atoms with Crippen molar-refractivity contribution in [1.29, 1.82) is 0 Å². The zero-order chi connectivity index (χ0) is 13.2. The van der Waals surface area contributed by atoms with Crippen LogP contribution < -0.4 is 11.0 Å². The Bertz CT molecular complexity index is 652. The number of carbonyl (C=O) groups excluding carboxylic acids is 1. The van der Waals surface area contributed by atoms with Crippen LogP contribution in [0.2, 0.25) is 0 Å². The van der Waals surface area contributed by atoms with Crippen LogP contribution in [0.1, 0.15) is 23.2 Å². The number of nitrogens with one attached hydrogen (secondary N) is 3. The van der Waals surface area contributed by atoms with Crippen LogP contribution >= 0.6 is 0 Å². The van der Waals surface area contributed by atoms with Gasteiger partial charge in [-0.1, -0.05) is 0 Å². The predicted octanol–water partition coefficient (Wildman–Crippen LogP) is 0.765. The highest BCUT2D eigenvalue weighted by molar-refractivity contribution is 5.97. The first-order valence-corrected chi connectivity index (χ1v) is 6.34. The summed E-state index contributed by atoms with van der Waals surface area (Å²) in [7, 11) is 0. The average molecular weight is 261 g/mol. The fourth-order valence-electron chi connectivity index (χ4n) is 2.29. The molecule has 3 rings (SSSR count). The SMILES string of the molecule is O=C(NCC1CCCO1)c1ccc2[nH]c(=O)[nH]c2c1. The summed E-state index contributed by atoms with van der Waals surface area (Å²) in [6, 6.07) is 5.07. The van der Waals surface area contributed by atoms with Crippen molar-refractivity contribution < 1.29 is 9.53 Å². The maximum absolute atomic E-state index is 12.0. The molecule has 6 nitrogen and oxygen atoms in total. The van der Waals surface area contributed by atoms with Crippen molar-refractivity contribution in [1.82, 2.24) is 15.3 Å². The van der Waals surface area contributed by atoms with Crippen LogP contribution in [-0.2, 0) is 4.74 Å². The first-order valence-electron chi connectivity index (χ1n) is 6.34. The number of amides is 1. The second-order valence-corrected chi connectivity index (χ2v) is 4.68. The van der Waals surface area contributed by atoms with Gasteiger partial charge >= 0.3 is 5.69 Å². The highest BCUT2D eigenvalue weighted by Gasteiger charge is 2.16. The number of aromatic nitrogens is 2. The molecule has 1 amide bonds. The van der Waals surface area contributed by atoms with Crippen molar-refractivity contribution >= 4 is 16.9 Å². The normalized spacial score (nSPS) is 18.8. The van der Waals surface area contributed by atoms with Gasteiger partial charge in [0.25, 0.3) is 5.91 Å². The van der Waals surface area contributed by atoms with Gasteiger partial charge in [0, 0.05) is 18.7 Å². The van der Waals surface area contributed by atoms with Crippen molar-refractivity contribution in [2.75, 3.05) is 13.2 Å². The van der Waals surface area contributed by atoms with E-state index in [2.05, 4.69) is 15.3 Å². The van der Waals surface area contributed by atoms with E-state index in [0.29, 0.717) is 23.1 Å². The number of hydrogen-bond donors (Lipinski definition) is 3. The molecule has 1 atom stereocenters. The van der Waals surface area contributed by atoms with E-state index in [1.165, 1.54) is 0 Å². The monoisotopic (exact) mass is 261 g/mol. The maximum Gasteiger partial charge on any atom is 0.323 e. The second-order valence-electron chi connectivity index (χ2n) is 4.68.